The van der Waals surface area contributed by atoms with Crippen LogP contribution in [0, 0.1) is 5.92 Å². The number of hydrogen-bond acceptors (Lipinski definition) is 18. The second-order valence-electron chi connectivity index (χ2n) is 18.7. The summed E-state index contributed by atoms with van der Waals surface area (Å²) in [6.07, 6.45) is -13.7. The van der Waals surface area contributed by atoms with Crippen LogP contribution < -0.4 is 31.3 Å². The average molecular weight is 1030 g/mol. The van der Waals surface area contributed by atoms with Crippen molar-refractivity contribution >= 4 is 41.4 Å². The SMILES string of the molecule is CCCCCOCCOc1ccc(C(=O)N[C@H]2C[C@@H](O)[C@H](O)NC(=O)[C@@H]3[C@@H](O)[C@@H](C)CN3C(=O)[C@H]([C@@H](C)O)NC(=O)[C@H]([C@H](O)[C@@H](O)c3ccc(O)cc3)NC(=O)[C@@H]3C[C@@H](O)CN3C(=O)[C@H]([C@@H](C)O)NC2=O)cc1. The molecule has 15 atom stereocenters. The molecule has 404 valence electrons. The predicted molar refractivity (Wildman–Crippen MR) is 253 cm³/mol. The number of amides is 7. The van der Waals surface area contributed by atoms with Crippen molar-refractivity contribution in [3.8, 4) is 11.5 Å². The maximum Gasteiger partial charge on any atom is 0.251 e. The van der Waals surface area contributed by atoms with Crippen molar-refractivity contribution in [1.29, 1.82) is 0 Å². The molecule has 0 saturated carbocycles. The molecule has 5 rings (SSSR count). The third-order valence-corrected chi connectivity index (χ3v) is 13.0. The number of aliphatic hydroxyl groups is 8. The fourth-order valence-electron chi connectivity index (χ4n) is 8.74. The lowest BCUT2D eigenvalue weighted by Crippen LogP contribution is -2.64. The van der Waals surface area contributed by atoms with Gasteiger partial charge in [-0.25, -0.2) is 0 Å². The molecule has 3 aliphatic heterocycles. The fourth-order valence-corrected chi connectivity index (χ4v) is 8.74. The van der Waals surface area contributed by atoms with E-state index in [4.69, 9.17) is 9.47 Å². The Morgan fingerprint density at radius 1 is 0.712 bits per heavy atom. The number of nitrogens with one attached hydrogen (secondary N) is 5. The molecule has 25 nitrogen and oxygen atoms in total. The lowest BCUT2D eigenvalue weighted by Gasteiger charge is -2.34. The summed E-state index contributed by atoms with van der Waals surface area (Å²) in [5.41, 5.74) is -0.101. The summed E-state index contributed by atoms with van der Waals surface area (Å²) in [4.78, 5) is 101. The quantitative estimate of drug-likeness (QED) is 0.0752. The molecule has 0 aromatic heterocycles. The molecular weight excluding hydrogens is 963 g/mol. The molecule has 14 N–H and O–H groups in total. The Morgan fingerprint density at radius 2 is 1.32 bits per heavy atom. The first-order valence-electron chi connectivity index (χ1n) is 24.2. The van der Waals surface area contributed by atoms with Gasteiger partial charge in [-0.15, -0.1) is 0 Å². The number of hydrogen-bond donors (Lipinski definition) is 14. The molecule has 3 saturated heterocycles. The van der Waals surface area contributed by atoms with Crippen LogP contribution in [0.3, 0.4) is 0 Å². The van der Waals surface area contributed by atoms with Crippen molar-refractivity contribution in [2.24, 2.45) is 5.92 Å². The Balaban J connectivity index is 1.51. The summed E-state index contributed by atoms with van der Waals surface area (Å²) in [7, 11) is 0. The van der Waals surface area contributed by atoms with Crippen molar-refractivity contribution in [3.05, 3.63) is 59.7 Å². The molecular formula is C48H69N7O18. The fraction of sp³-hybridized carbons (Fsp3) is 0.604. The number of unbranched alkanes of at least 4 members (excludes halogenated alkanes) is 2. The molecule has 73 heavy (non-hydrogen) atoms. The number of carbonyl (C=O) groups excluding carboxylic acids is 7. The zero-order chi connectivity index (χ0) is 53.8. The van der Waals surface area contributed by atoms with Gasteiger partial charge in [0, 0.05) is 44.0 Å². The molecule has 2 aromatic carbocycles. The van der Waals surface area contributed by atoms with Crippen LogP contribution in [-0.2, 0) is 33.5 Å². The van der Waals surface area contributed by atoms with Gasteiger partial charge in [-0.3, -0.25) is 33.6 Å². The summed E-state index contributed by atoms with van der Waals surface area (Å²) in [5, 5.41) is 110. The number of carbonyl (C=O) groups is 7. The van der Waals surface area contributed by atoms with Gasteiger partial charge in [-0.2, -0.15) is 0 Å². The van der Waals surface area contributed by atoms with Crippen molar-refractivity contribution in [2.75, 3.05) is 32.9 Å². The van der Waals surface area contributed by atoms with Crippen LogP contribution in [0.1, 0.15) is 81.8 Å². The van der Waals surface area contributed by atoms with Gasteiger partial charge in [0.05, 0.1) is 31.0 Å². The van der Waals surface area contributed by atoms with E-state index in [2.05, 4.69) is 33.5 Å². The van der Waals surface area contributed by atoms with E-state index in [1.807, 2.05) is 0 Å². The number of phenols is 1. The minimum atomic E-state index is -2.29. The number of aliphatic hydroxyl groups excluding tert-OH is 8. The maximum atomic E-state index is 14.3. The number of benzene rings is 2. The molecule has 7 amide bonds. The molecule has 0 spiro atoms. The molecule has 0 bridgehead atoms. The molecule has 0 aliphatic carbocycles. The van der Waals surface area contributed by atoms with Gasteiger partial charge in [0.15, 0.2) is 6.23 Å². The Morgan fingerprint density at radius 3 is 1.93 bits per heavy atom. The summed E-state index contributed by atoms with van der Waals surface area (Å²) in [6.45, 7) is 5.86. The van der Waals surface area contributed by atoms with Crippen LogP contribution in [0.25, 0.3) is 0 Å². The first kappa shape index (κ1) is 57.9. The lowest BCUT2D eigenvalue weighted by atomic mass is 9.96. The second kappa shape index (κ2) is 26.3. The van der Waals surface area contributed by atoms with Gasteiger partial charge in [-0.05, 0) is 62.2 Å². The smallest absolute Gasteiger partial charge is 0.251 e. The van der Waals surface area contributed by atoms with Crippen LogP contribution in [-0.4, -0.2) is 209 Å². The molecule has 0 unspecified atom stereocenters. The van der Waals surface area contributed by atoms with Gasteiger partial charge in [0.2, 0.25) is 35.4 Å². The summed E-state index contributed by atoms with van der Waals surface area (Å²) < 4.78 is 11.2. The highest BCUT2D eigenvalue weighted by atomic mass is 16.5. The van der Waals surface area contributed by atoms with Crippen molar-refractivity contribution in [2.45, 2.75) is 145 Å². The first-order chi connectivity index (χ1) is 34.5. The van der Waals surface area contributed by atoms with Crippen LogP contribution in [0.4, 0.5) is 0 Å². The molecule has 25 heteroatoms. The normalized spacial score (nSPS) is 29.6. The second-order valence-corrected chi connectivity index (χ2v) is 18.7. The van der Waals surface area contributed by atoms with Crippen LogP contribution in [0.2, 0.25) is 0 Å². The molecule has 3 heterocycles. The van der Waals surface area contributed by atoms with Gasteiger partial charge in [0.1, 0.15) is 72.7 Å². The van der Waals surface area contributed by atoms with Gasteiger partial charge in [0.25, 0.3) is 5.91 Å². The van der Waals surface area contributed by atoms with Crippen molar-refractivity contribution in [3.63, 3.8) is 0 Å². The third kappa shape index (κ3) is 14.8. The largest absolute Gasteiger partial charge is 0.508 e. The van der Waals surface area contributed by atoms with Crippen LogP contribution in [0.15, 0.2) is 48.5 Å². The van der Waals surface area contributed by atoms with E-state index < -0.39 is 152 Å². The lowest BCUT2D eigenvalue weighted by molar-refractivity contribution is -0.148. The summed E-state index contributed by atoms with van der Waals surface area (Å²) in [5.74, 6) is -9.10. The molecule has 3 fully saturated rings. The molecule has 0 radical (unpaired) electrons. The number of ether oxygens (including phenoxy) is 2. The van der Waals surface area contributed by atoms with Crippen LogP contribution in [0.5, 0.6) is 11.5 Å². The average Bonchev–Trinajstić information content (AvgIpc) is 3.90. The van der Waals surface area contributed by atoms with Crippen molar-refractivity contribution in [1.82, 2.24) is 36.4 Å². The minimum Gasteiger partial charge on any atom is -0.508 e. The topological polar surface area (TPSA) is 387 Å². The zero-order valence-electron chi connectivity index (χ0n) is 40.9. The maximum absolute atomic E-state index is 14.3. The van der Waals surface area contributed by atoms with Gasteiger partial charge < -0.3 is 91.8 Å². The Labute approximate surface area is 420 Å². The van der Waals surface area contributed by atoms with E-state index in [1.165, 1.54) is 43.3 Å². The van der Waals surface area contributed by atoms with Crippen molar-refractivity contribution < 1.29 is 89.0 Å². The number of aromatic hydroxyl groups is 1. The standard InChI is InChI=1S/C48H69N7O18/c1-5-6-7-16-72-17-18-73-30-14-10-27(11-15-30)41(64)49-31-20-33(60)44(67)53-46(69)37-38(61)23(2)21-55(37)48(71)35(25(4)57)51-45(68)36(40(63)39(62)26-8-12-28(58)13-9-26)52-43(66)32-19-29(59)22-54(32)47(70)34(24(3)56)50-42(31)65/h8-15,23-25,29,31-40,44,56-63,67H,5-7,16-22H2,1-4H3,(H,49,64)(H,50,65)(H,51,68)(H,52,66)(H,53,69)/t23-,24+,25+,29+,31-,32-,33+,34-,35-,36-,37-,38-,39-,40-,44-/m0/s1. The Kier molecular flexibility index (Phi) is 20.8. The Bertz CT molecular complexity index is 2220. The summed E-state index contributed by atoms with van der Waals surface area (Å²) >= 11 is 0. The summed E-state index contributed by atoms with van der Waals surface area (Å²) in [6, 6.07) is -1.27. The molecule has 3 aliphatic rings. The minimum absolute atomic E-state index is 0.0266. The van der Waals surface area contributed by atoms with Gasteiger partial charge >= 0.3 is 0 Å². The van der Waals surface area contributed by atoms with E-state index >= 15 is 0 Å². The van der Waals surface area contributed by atoms with Gasteiger partial charge in [-0.1, -0.05) is 38.8 Å². The zero-order valence-corrected chi connectivity index (χ0v) is 40.9. The monoisotopic (exact) mass is 1030 g/mol. The number of rotatable bonds is 15. The number of fused-ring (bicyclic) bond motifs is 2. The van der Waals surface area contributed by atoms with E-state index in [-0.39, 0.29) is 30.0 Å². The number of nitrogens with zero attached hydrogens (tertiary/aromatic N) is 2. The Hall–Kier alpha value is -6.03. The highest BCUT2D eigenvalue weighted by Crippen LogP contribution is 2.28. The van der Waals surface area contributed by atoms with E-state index in [1.54, 1.807) is 0 Å². The molecule has 2 aromatic rings. The van der Waals surface area contributed by atoms with E-state index in [0.29, 0.717) is 19.0 Å². The van der Waals surface area contributed by atoms with E-state index in [0.717, 1.165) is 55.0 Å². The van der Waals surface area contributed by atoms with Crippen LogP contribution >= 0.6 is 0 Å². The van der Waals surface area contributed by atoms with E-state index in [9.17, 15) is 79.5 Å². The highest BCUT2D eigenvalue weighted by molar-refractivity contribution is 6.00. The predicted octanol–water partition coefficient (Wildman–Crippen LogP) is -4.24. The highest BCUT2D eigenvalue weighted by Gasteiger charge is 2.50. The first-order valence-corrected chi connectivity index (χ1v) is 24.2. The number of phenolic OH excluding ortho intramolecular Hbond substituents is 1. The third-order valence-electron chi connectivity index (χ3n) is 13.0.